The predicted octanol–water partition coefficient (Wildman–Crippen LogP) is 3.38. The Morgan fingerprint density at radius 2 is 1.77 bits per heavy atom. The van der Waals surface area contributed by atoms with Crippen molar-refractivity contribution in [3.63, 3.8) is 0 Å². The van der Waals surface area contributed by atoms with Crippen LogP contribution in [0.5, 0.6) is 0 Å². The van der Waals surface area contributed by atoms with Crippen molar-refractivity contribution in [2.75, 3.05) is 10.0 Å². The zero-order chi connectivity index (χ0) is 19.1. The van der Waals surface area contributed by atoms with Gasteiger partial charge in [-0.1, -0.05) is 26.0 Å². The molecule has 0 spiro atoms. The molecule has 1 aliphatic rings. The minimum Gasteiger partial charge on any atom is -0.325 e. The first-order valence-electron chi connectivity index (χ1n) is 8.27. The maximum absolute atomic E-state index is 12.6. The molecule has 1 atom stereocenters. The molecule has 0 bridgehead atoms. The second-order valence-corrected chi connectivity index (χ2v) is 8.38. The van der Waals surface area contributed by atoms with E-state index in [9.17, 15) is 18.0 Å². The van der Waals surface area contributed by atoms with Crippen LogP contribution in [0.3, 0.4) is 0 Å². The van der Waals surface area contributed by atoms with Gasteiger partial charge in [-0.3, -0.25) is 14.3 Å². The van der Waals surface area contributed by atoms with Gasteiger partial charge in [0.05, 0.1) is 10.8 Å². The summed E-state index contributed by atoms with van der Waals surface area (Å²) in [5.41, 5.74) is 2.34. The van der Waals surface area contributed by atoms with E-state index in [-0.39, 0.29) is 28.4 Å². The summed E-state index contributed by atoms with van der Waals surface area (Å²) in [6.07, 6.45) is 0. The Labute approximate surface area is 152 Å². The number of rotatable bonds is 5. The number of nitrogens with one attached hydrogen (secondary N) is 2. The summed E-state index contributed by atoms with van der Waals surface area (Å²) in [7, 11) is -3.79. The first-order valence-corrected chi connectivity index (χ1v) is 9.76. The minimum atomic E-state index is -3.79. The molecule has 136 valence electrons. The molecule has 2 aromatic rings. The molecule has 1 aliphatic heterocycles. The normalized spacial score (nSPS) is 16.3. The zero-order valence-electron chi connectivity index (χ0n) is 14.7. The lowest BCUT2D eigenvalue weighted by atomic mass is 9.89. The standard InChI is InChI=1S/C19H20N2O4S/c1-11(2)18-16-10-14(6-9-17(16)20-19(18)23)21-26(24,25)15-7-4-13(5-8-15)12(3)22/h4-11,18,21H,1-3H3,(H,20,23). The number of carbonyl (C=O) groups is 2. The Hall–Kier alpha value is -2.67. The van der Waals surface area contributed by atoms with Crippen molar-refractivity contribution in [3.05, 3.63) is 53.6 Å². The molecule has 2 N–H and O–H groups in total. The largest absolute Gasteiger partial charge is 0.325 e. The van der Waals surface area contributed by atoms with Crippen LogP contribution in [0.15, 0.2) is 47.4 Å². The van der Waals surface area contributed by atoms with Crippen LogP contribution >= 0.6 is 0 Å². The number of hydrogen-bond acceptors (Lipinski definition) is 4. The van der Waals surface area contributed by atoms with Crippen LogP contribution in [0.25, 0.3) is 0 Å². The summed E-state index contributed by atoms with van der Waals surface area (Å²) in [5, 5.41) is 2.82. The third kappa shape index (κ3) is 3.35. The van der Waals surface area contributed by atoms with Gasteiger partial charge in [-0.15, -0.1) is 0 Å². The third-order valence-electron chi connectivity index (χ3n) is 4.42. The van der Waals surface area contributed by atoms with Crippen molar-refractivity contribution in [3.8, 4) is 0 Å². The van der Waals surface area contributed by atoms with Gasteiger partial charge in [-0.05, 0) is 48.7 Å². The van der Waals surface area contributed by atoms with E-state index in [1.54, 1.807) is 18.2 Å². The molecule has 0 fully saturated rings. The fourth-order valence-electron chi connectivity index (χ4n) is 3.09. The van der Waals surface area contributed by atoms with Crippen LogP contribution in [0.2, 0.25) is 0 Å². The van der Waals surface area contributed by atoms with Crippen molar-refractivity contribution in [2.24, 2.45) is 5.92 Å². The third-order valence-corrected chi connectivity index (χ3v) is 5.81. The molecule has 0 aromatic heterocycles. The number of anilines is 2. The molecule has 1 heterocycles. The second-order valence-electron chi connectivity index (χ2n) is 6.70. The average molecular weight is 372 g/mol. The predicted molar refractivity (Wildman–Crippen MR) is 99.9 cm³/mol. The van der Waals surface area contributed by atoms with Crippen LogP contribution in [0, 0.1) is 5.92 Å². The van der Waals surface area contributed by atoms with E-state index in [4.69, 9.17) is 0 Å². The van der Waals surface area contributed by atoms with Crippen LogP contribution in [0.1, 0.15) is 42.6 Å². The summed E-state index contributed by atoms with van der Waals surface area (Å²) in [4.78, 5) is 23.5. The molecule has 3 rings (SSSR count). The molecule has 1 amide bonds. The summed E-state index contributed by atoms with van der Waals surface area (Å²) in [6.45, 7) is 5.33. The number of amides is 1. The highest BCUT2D eigenvalue weighted by molar-refractivity contribution is 7.92. The van der Waals surface area contributed by atoms with Crippen LogP contribution in [-0.2, 0) is 14.8 Å². The molecule has 6 nitrogen and oxygen atoms in total. The Balaban J connectivity index is 1.89. The van der Waals surface area contributed by atoms with Gasteiger partial charge in [-0.2, -0.15) is 0 Å². The van der Waals surface area contributed by atoms with Crippen molar-refractivity contribution in [2.45, 2.75) is 31.6 Å². The van der Waals surface area contributed by atoms with Gasteiger partial charge < -0.3 is 5.32 Å². The number of benzene rings is 2. The summed E-state index contributed by atoms with van der Waals surface area (Å²) in [5.74, 6) is -0.404. The van der Waals surface area contributed by atoms with Gasteiger partial charge in [0.2, 0.25) is 5.91 Å². The highest BCUT2D eigenvalue weighted by atomic mass is 32.2. The molecular weight excluding hydrogens is 352 g/mol. The van der Waals surface area contributed by atoms with Gasteiger partial charge >= 0.3 is 0 Å². The maximum atomic E-state index is 12.6. The van der Waals surface area contributed by atoms with Gasteiger partial charge in [-0.25, -0.2) is 8.42 Å². The lowest BCUT2D eigenvalue weighted by Gasteiger charge is -2.14. The monoisotopic (exact) mass is 372 g/mol. The van der Waals surface area contributed by atoms with Gasteiger partial charge in [0, 0.05) is 16.9 Å². The number of fused-ring (bicyclic) bond motifs is 1. The van der Waals surface area contributed by atoms with E-state index in [1.807, 2.05) is 13.8 Å². The van der Waals surface area contributed by atoms with Crippen molar-refractivity contribution in [1.29, 1.82) is 0 Å². The first-order chi connectivity index (χ1) is 12.2. The van der Waals surface area contributed by atoms with Crippen molar-refractivity contribution >= 4 is 33.1 Å². The number of ketones is 1. The Kier molecular flexibility index (Phi) is 4.58. The number of Topliss-reactive ketones (excluding diaryl/α,β-unsaturated/α-hetero) is 1. The molecule has 0 radical (unpaired) electrons. The molecule has 0 saturated carbocycles. The van der Waals surface area contributed by atoms with Crippen molar-refractivity contribution in [1.82, 2.24) is 0 Å². The molecule has 7 heteroatoms. The second kappa shape index (κ2) is 6.57. The Morgan fingerprint density at radius 3 is 2.35 bits per heavy atom. The molecular formula is C19H20N2O4S. The van der Waals surface area contributed by atoms with Crippen LogP contribution in [-0.4, -0.2) is 20.1 Å². The van der Waals surface area contributed by atoms with E-state index in [1.165, 1.54) is 31.2 Å². The van der Waals surface area contributed by atoms with E-state index in [0.717, 1.165) is 5.56 Å². The highest BCUT2D eigenvalue weighted by Crippen LogP contribution is 2.38. The molecule has 1 unspecified atom stereocenters. The molecule has 0 aliphatic carbocycles. The number of hydrogen-bond donors (Lipinski definition) is 2. The van der Waals surface area contributed by atoms with E-state index in [0.29, 0.717) is 16.9 Å². The minimum absolute atomic E-state index is 0.0672. The Bertz CT molecular complexity index is 979. The quantitative estimate of drug-likeness (QED) is 0.787. The fraction of sp³-hybridized carbons (Fsp3) is 0.263. The lowest BCUT2D eigenvalue weighted by Crippen LogP contribution is -2.17. The van der Waals surface area contributed by atoms with Gasteiger partial charge in [0.25, 0.3) is 10.0 Å². The number of sulfonamides is 1. The van der Waals surface area contributed by atoms with Gasteiger partial charge in [0.15, 0.2) is 5.78 Å². The lowest BCUT2D eigenvalue weighted by molar-refractivity contribution is -0.117. The first kappa shape index (κ1) is 18.1. The fourth-order valence-corrected chi connectivity index (χ4v) is 4.14. The maximum Gasteiger partial charge on any atom is 0.261 e. The van der Waals surface area contributed by atoms with Crippen molar-refractivity contribution < 1.29 is 18.0 Å². The topological polar surface area (TPSA) is 92.3 Å². The molecule has 0 saturated heterocycles. The summed E-state index contributed by atoms with van der Waals surface area (Å²) < 4.78 is 27.7. The highest BCUT2D eigenvalue weighted by Gasteiger charge is 2.33. The van der Waals surface area contributed by atoms with Crippen LogP contribution < -0.4 is 10.0 Å². The van der Waals surface area contributed by atoms with E-state index >= 15 is 0 Å². The summed E-state index contributed by atoms with van der Waals surface area (Å²) in [6, 6.07) is 10.8. The zero-order valence-corrected chi connectivity index (χ0v) is 15.6. The van der Waals surface area contributed by atoms with E-state index in [2.05, 4.69) is 10.0 Å². The number of carbonyl (C=O) groups excluding carboxylic acids is 2. The smallest absolute Gasteiger partial charge is 0.261 e. The molecule has 2 aromatic carbocycles. The van der Waals surface area contributed by atoms with E-state index < -0.39 is 10.0 Å². The summed E-state index contributed by atoms with van der Waals surface area (Å²) >= 11 is 0. The average Bonchev–Trinajstić information content (AvgIpc) is 2.89. The Morgan fingerprint density at radius 1 is 1.12 bits per heavy atom. The molecule has 26 heavy (non-hydrogen) atoms. The van der Waals surface area contributed by atoms with Crippen LogP contribution in [0.4, 0.5) is 11.4 Å². The SMILES string of the molecule is CC(=O)c1ccc(S(=O)(=O)Nc2ccc3c(c2)C(C(C)C)C(=O)N3)cc1. The van der Waals surface area contributed by atoms with Gasteiger partial charge in [0.1, 0.15) is 0 Å².